The summed E-state index contributed by atoms with van der Waals surface area (Å²) in [5.41, 5.74) is 0. The van der Waals surface area contributed by atoms with Crippen molar-refractivity contribution in [3.8, 4) is 6.19 Å². The lowest BCUT2D eigenvalue weighted by atomic mass is 10.0. The van der Waals surface area contributed by atoms with E-state index in [1.54, 1.807) is 0 Å². The Bertz CT molecular complexity index is 259. The van der Waals surface area contributed by atoms with Crippen LogP contribution in [0.4, 0.5) is 0 Å². The smallest absolute Gasteiger partial charge is 0.183 e. The average molecular weight is 226 g/mol. The summed E-state index contributed by atoms with van der Waals surface area (Å²) >= 11 is 1.48. The quantitative estimate of drug-likeness (QED) is 0.333. The fourth-order valence-electron chi connectivity index (χ4n) is 1.77. The van der Waals surface area contributed by atoms with E-state index in [-0.39, 0.29) is 0 Å². The van der Waals surface area contributed by atoms with Crippen LogP contribution in [-0.4, -0.2) is 42.5 Å². The molecule has 1 unspecified atom stereocenters. The van der Waals surface area contributed by atoms with Crippen LogP contribution >= 0.6 is 11.8 Å². The highest BCUT2D eigenvalue weighted by molar-refractivity contribution is 8.13. The molecule has 0 aromatic heterocycles. The van der Waals surface area contributed by atoms with E-state index in [1.165, 1.54) is 37.6 Å². The van der Waals surface area contributed by atoms with Gasteiger partial charge in [-0.25, -0.2) is 0 Å². The van der Waals surface area contributed by atoms with E-state index in [0.29, 0.717) is 6.04 Å². The third-order valence-electron chi connectivity index (χ3n) is 2.72. The first-order valence-electron chi connectivity index (χ1n) is 5.21. The Labute approximate surface area is 95.7 Å². The lowest BCUT2D eigenvalue weighted by Gasteiger charge is -2.31. The molecular weight excluding hydrogens is 208 g/mol. The number of piperidine rings is 1. The lowest BCUT2D eigenvalue weighted by Crippen LogP contribution is -2.38. The van der Waals surface area contributed by atoms with Crippen molar-refractivity contribution in [3.63, 3.8) is 0 Å². The van der Waals surface area contributed by atoms with Crippen LogP contribution in [0.15, 0.2) is 4.99 Å². The number of likely N-dealkylation sites (N-methyl/N-ethyl adjacent to an activating group) is 1. The van der Waals surface area contributed by atoms with E-state index in [0.717, 1.165) is 11.7 Å². The molecule has 1 N–H and O–H groups in total. The Kier molecular flexibility index (Phi) is 5.51. The Morgan fingerprint density at radius 3 is 3.07 bits per heavy atom. The molecule has 1 saturated heterocycles. The molecule has 1 atom stereocenters. The van der Waals surface area contributed by atoms with Gasteiger partial charge in [0.05, 0.1) is 6.54 Å². The second kappa shape index (κ2) is 6.70. The number of hydrogen-bond acceptors (Lipinski definition) is 4. The third-order valence-corrected chi connectivity index (χ3v) is 3.34. The average Bonchev–Trinajstić information content (AvgIpc) is 2.26. The Balaban J connectivity index is 2.42. The van der Waals surface area contributed by atoms with E-state index in [9.17, 15) is 0 Å². The van der Waals surface area contributed by atoms with Gasteiger partial charge in [-0.15, -0.1) is 0 Å². The maximum atomic E-state index is 8.49. The molecule has 0 aromatic rings. The molecule has 1 aliphatic rings. The normalized spacial score (nSPS) is 23.5. The topological polar surface area (TPSA) is 51.4 Å². The first kappa shape index (κ1) is 12.3. The van der Waals surface area contributed by atoms with Crippen molar-refractivity contribution in [2.45, 2.75) is 25.3 Å². The largest absolute Gasteiger partial charge is 0.302 e. The maximum Gasteiger partial charge on any atom is 0.183 e. The number of amidine groups is 1. The van der Waals surface area contributed by atoms with Gasteiger partial charge in [0.25, 0.3) is 0 Å². The van der Waals surface area contributed by atoms with Crippen molar-refractivity contribution >= 4 is 16.9 Å². The van der Waals surface area contributed by atoms with Crippen LogP contribution < -0.4 is 5.32 Å². The van der Waals surface area contributed by atoms with Crippen LogP contribution in [0, 0.1) is 11.5 Å². The standard InChI is InChI=1S/C10H18N4S/c1-14-6-4-3-5-9(14)7-12-10(15-2)13-8-11/h9H,3-7H2,1-2H3,(H,12,13). The van der Waals surface area contributed by atoms with Gasteiger partial charge in [-0.3, -0.25) is 10.3 Å². The number of rotatable bonds is 2. The van der Waals surface area contributed by atoms with E-state index in [1.807, 2.05) is 12.4 Å². The summed E-state index contributed by atoms with van der Waals surface area (Å²) in [6.45, 7) is 1.96. The molecule has 0 spiro atoms. The number of hydrogen-bond donors (Lipinski definition) is 1. The predicted octanol–water partition coefficient (Wildman–Crippen LogP) is 1.26. The summed E-state index contributed by atoms with van der Waals surface area (Å²) in [5.74, 6) is 0. The molecule has 0 radical (unpaired) electrons. The van der Waals surface area contributed by atoms with Crippen LogP contribution in [0.2, 0.25) is 0 Å². The van der Waals surface area contributed by atoms with Gasteiger partial charge < -0.3 is 4.90 Å². The zero-order valence-corrected chi connectivity index (χ0v) is 10.2. The number of aliphatic imine (C=N–C) groups is 1. The molecule has 15 heavy (non-hydrogen) atoms. The fourth-order valence-corrected chi connectivity index (χ4v) is 2.12. The monoisotopic (exact) mass is 226 g/mol. The van der Waals surface area contributed by atoms with Crippen molar-refractivity contribution in [2.24, 2.45) is 4.99 Å². The number of nitrogens with one attached hydrogen (secondary N) is 1. The Hall–Kier alpha value is -0.730. The maximum absolute atomic E-state index is 8.49. The summed E-state index contributed by atoms with van der Waals surface area (Å²) in [7, 11) is 2.15. The molecule has 1 heterocycles. The first-order valence-corrected chi connectivity index (χ1v) is 6.44. The molecule has 0 saturated carbocycles. The highest BCUT2D eigenvalue weighted by Gasteiger charge is 2.18. The second-order valence-electron chi connectivity index (χ2n) is 3.72. The number of thioether (sulfide) groups is 1. The van der Waals surface area contributed by atoms with Gasteiger partial charge in [-0.2, -0.15) is 5.26 Å². The van der Waals surface area contributed by atoms with Gasteiger partial charge in [0.2, 0.25) is 0 Å². The molecule has 0 aromatic carbocycles. The third kappa shape index (κ3) is 4.10. The number of nitriles is 1. The SMILES string of the molecule is CSC(=NCC1CCCCN1C)NC#N. The summed E-state index contributed by atoms with van der Waals surface area (Å²) < 4.78 is 0. The molecule has 0 bridgehead atoms. The minimum absolute atomic E-state index is 0.543. The summed E-state index contributed by atoms with van der Waals surface area (Å²) in [5, 5.41) is 11.8. The van der Waals surface area contributed by atoms with Crippen LogP contribution in [0.5, 0.6) is 0 Å². The zero-order valence-electron chi connectivity index (χ0n) is 9.36. The van der Waals surface area contributed by atoms with Gasteiger partial charge >= 0.3 is 0 Å². The highest BCUT2D eigenvalue weighted by atomic mass is 32.2. The van der Waals surface area contributed by atoms with Crippen LogP contribution in [0.3, 0.4) is 0 Å². The Morgan fingerprint density at radius 2 is 2.47 bits per heavy atom. The molecule has 1 fully saturated rings. The molecular formula is C10H18N4S. The lowest BCUT2D eigenvalue weighted by molar-refractivity contribution is 0.191. The van der Waals surface area contributed by atoms with Gasteiger partial charge in [0.1, 0.15) is 0 Å². The van der Waals surface area contributed by atoms with Gasteiger partial charge in [-0.1, -0.05) is 18.2 Å². The predicted molar refractivity (Wildman–Crippen MR) is 64.8 cm³/mol. The fraction of sp³-hybridized carbons (Fsp3) is 0.800. The highest BCUT2D eigenvalue weighted by Crippen LogP contribution is 2.15. The summed E-state index contributed by atoms with van der Waals surface area (Å²) in [4.78, 5) is 6.77. The first-order chi connectivity index (χ1) is 7.27. The van der Waals surface area contributed by atoms with E-state index in [2.05, 4.69) is 22.3 Å². The van der Waals surface area contributed by atoms with Crippen molar-refractivity contribution < 1.29 is 0 Å². The molecule has 84 valence electrons. The van der Waals surface area contributed by atoms with Crippen LogP contribution in [0.25, 0.3) is 0 Å². The van der Waals surface area contributed by atoms with E-state index in [4.69, 9.17) is 5.26 Å². The van der Waals surface area contributed by atoms with E-state index >= 15 is 0 Å². The Morgan fingerprint density at radius 1 is 1.67 bits per heavy atom. The molecule has 4 nitrogen and oxygen atoms in total. The van der Waals surface area contributed by atoms with Crippen molar-refractivity contribution in [1.82, 2.24) is 10.2 Å². The minimum atomic E-state index is 0.543. The molecule has 1 rings (SSSR count). The second-order valence-corrected chi connectivity index (χ2v) is 4.51. The number of likely N-dealkylation sites (tertiary alicyclic amines) is 1. The molecule has 0 aliphatic carbocycles. The molecule has 0 amide bonds. The van der Waals surface area contributed by atoms with Crippen LogP contribution in [0.1, 0.15) is 19.3 Å². The zero-order chi connectivity index (χ0) is 11.1. The minimum Gasteiger partial charge on any atom is -0.302 e. The molecule has 5 heteroatoms. The summed E-state index contributed by atoms with van der Waals surface area (Å²) in [6, 6.07) is 0.543. The van der Waals surface area contributed by atoms with Crippen molar-refractivity contribution in [3.05, 3.63) is 0 Å². The summed E-state index contributed by atoms with van der Waals surface area (Å²) in [6.07, 6.45) is 7.63. The number of nitrogens with zero attached hydrogens (tertiary/aromatic N) is 3. The van der Waals surface area contributed by atoms with Crippen molar-refractivity contribution in [1.29, 1.82) is 5.26 Å². The van der Waals surface area contributed by atoms with Gasteiger partial charge in [-0.05, 0) is 32.7 Å². The van der Waals surface area contributed by atoms with Gasteiger partial charge in [0, 0.05) is 6.04 Å². The van der Waals surface area contributed by atoms with E-state index < -0.39 is 0 Å². The molecule has 1 aliphatic heterocycles. The van der Waals surface area contributed by atoms with Crippen molar-refractivity contribution in [2.75, 3.05) is 26.4 Å². The van der Waals surface area contributed by atoms with Crippen LogP contribution in [-0.2, 0) is 0 Å². The van der Waals surface area contributed by atoms with Gasteiger partial charge in [0.15, 0.2) is 11.4 Å².